The Kier molecular flexibility index (Phi) is 21.8. The number of hydrogen-bond donors (Lipinski definition) is 0. The predicted octanol–water partition coefficient (Wildman–Crippen LogP) is 6.35. The van der Waals surface area contributed by atoms with Gasteiger partial charge in [-0.2, -0.15) is 18.1 Å². The summed E-state index contributed by atoms with van der Waals surface area (Å²) in [6.45, 7) is 32.3. The van der Waals surface area contributed by atoms with E-state index in [2.05, 4.69) is 79.7 Å². The summed E-state index contributed by atoms with van der Waals surface area (Å²) in [4.78, 5) is 0. The van der Waals surface area contributed by atoms with Gasteiger partial charge in [-0.3, -0.25) is 0 Å². The predicted molar refractivity (Wildman–Crippen MR) is 101 cm³/mol. The van der Waals surface area contributed by atoms with E-state index in [1.807, 2.05) is 0 Å². The van der Waals surface area contributed by atoms with Gasteiger partial charge >= 0.3 is 21.0 Å². The molecule has 5 heteroatoms. The van der Waals surface area contributed by atoms with Crippen LogP contribution in [0.1, 0.15) is 0 Å². The van der Waals surface area contributed by atoms with Gasteiger partial charge in [0.15, 0.2) is 0 Å². The fourth-order valence-electron chi connectivity index (χ4n) is 0. The van der Waals surface area contributed by atoms with Crippen LogP contribution < -0.4 is 0 Å². The van der Waals surface area contributed by atoms with Gasteiger partial charge in [-0.15, -0.1) is 0 Å². The minimum atomic E-state index is -0.742. The topological polar surface area (TPSA) is 17.1 Å². The van der Waals surface area contributed by atoms with E-state index in [9.17, 15) is 0 Å². The molecule has 0 fully saturated rings. The number of rotatable bonds is 3. The summed E-state index contributed by atoms with van der Waals surface area (Å²) >= 11 is 1.06. The third kappa shape index (κ3) is 61.5. The van der Waals surface area contributed by atoms with Crippen molar-refractivity contribution in [3.63, 3.8) is 0 Å². The Hall–Kier alpha value is 1.04. The van der Waals surface area contributed by atoms with Crippen LogP contribution in [-0.4, -0.2) is 24.2 Å². The standard InChI is InChI=1S/3C5H13Si.O.V/c3*1-5-6(2,3)4;;/h3*1,5H2,2-4H3;;/q3*-1;;. The molecule has 0 amide bonds. The fraction of sp³-hybridized carbons (Fsp3) is 0.800. The first-order valence-corrected chi connectivity index (χ1v) is 18.9. The van der Waals surface area contributed by atoms with E-state index < -0.39 is 24.2 Å². The summed E-state index contributed by atoms with van der Waals surface area (Å²) in [6, 6.07) is 3.48. The number of hydrogen-bond acceptors (Lipinski definition) is 1. The third-order valence-electron chi connectivity index (χ3n) is 2.25. The second-order valence-electron chi connectivity index (χ2n) is 8.43. The summed E-state index contributed by atoms with van der Waals surface area (Å²) in [5.74, 6) is 0. The molecular formula is C15H39OSi3V-3. The van der Waals surface area contributed by atoms with Gasteiger partial charge in [0.2, 0.25) is 0 Å². The average Bonchev–Trinajstić information content (AvgIpc) is 2.30. The molecule has 0 aliphatic heterocycles. The molecule has 0 saturated heterocycles. The van der Waals surface area contributed by atoms with Gasteiger partial charge < -0.3 is 20.8 Å². The second-order valence-corrected chi connectivity index (χ2v) is 25.3. The van der Waals surface area contributed by atoms with E-state index in [1.165, 1.54) is 0 Å². The van der Waals surface area contributed by atoms with E-state index in [0.717, 1.165) is 35.5 Å². The van der Waals surface area contributed by atoms with Crippen LogP contribution in [0.25, 0.3) is 0 Å². The van der Waals surface area contributed by atoms with E-state index in [0.29, 0.717) is 0 Å². The van der Waals surface area contributed by atoms with Crippen LogP contribution in [0, 0.1) is 20.8 Å². The van der Waals surface area contributed by atoms with E-state index in [1.54, 1.807) is 0 Å². The Balaban J connectivity index is -0.0000000902. The first-order chi connectivity index (χ1) is 8.68. The van der Waals surface area contributed by atoms with Crippen molar-refractivity contribution in [1.82, 2.24) is 0 Å². The SMILES string of the molecule is [CH2-]C[Si](C)(C)C.[CH2-]C[Si](C)(C)C.[CH2-]C[Si](C)(C)C.[O]=[V]. The molecule has 0 aromatic rings. The van der Waals surface area contributed by atoms with Gasteiger partial charge in [0.1, 0.15) is 0 Å². The van der Waals surface area contributed by atoms with Crippen molar-refractivity contribution >= 4 is 24.2 Å². The molecule has 0 spiro atoms. The van der Waals surface area contributed by atoms with Gasteiger partial charge in [0.05, 0.1) is 0 Å². The van der Waals surface area contributed by atoms with Crippen molar-refractivity contribution in [2.75, 3.05) is 0 Å². The van der Waals surface area contributed by atoms with Crippen molar-refractivity contribution < 1.29 is 21.0 Å². The van der Waals surface area contributed by atoms with Gasteiger partial charge in [0.25, 0.3) is 0 Å². The Morgan fingerprint density at radius 3 is 0.600 bits per heavy atom. The van der Waals surface area contributed by atoms with E-state index >= 15 is 0 Å². The summed E-state index contributed by atoms with van der Waals surface area (Å²) in [5, 5.41) is 0. The first-order valence-electron chi connectivity index (χ1n) is 7.24. The molecule has 0 atom stereocenters. The Labute approximate surface area is 143 Å². The Morgan fingerprint density at radius 2 is 0.600 bits per heavy atom. The van der Waals surface area contributed by atoms with Gasteiger partial charge in [-0.1, -0.05) is 58.9 Å². The zero-order valence-electron chi connectivity index (χ0n) is 15.6. The Bertz CT molecular complexity index is 157. The molecule has 0 aromatic carbocycles. The summed E-state index contributed by atoms with van der Waals surface area (Å²) < 4.78 is 8.19. The first kappa shape index (κ1) is 29.1. The van der Waals surface area contributed by atoms with Crippen molar-refractivity contribution in [1.29, 1.82) is 0 Å². The molecule has 0 unspecified atom stereocenters. The van der Waals surface area contributed by atoms with Crippen molar-refractivity contribution in [2.45, 2.75) is 77.1 Å². The Morgan fingerprint density at radius 1 is 0.550 bits per heavy atom. The molecule has 0 aliphatic rings. The summed E-state index contributed by atoms with van der Waals surface area (Å²) in [6.07, 6.45) is 0. The van der Waals surface area contributed by atoms with Crippen molar-refractivity contribution in [2.24, 2.45) is 0 Å². The summed E-state index contributed by atoms with van der Waals surface area (Å²) in [7, 11) is -2.23. The van der Waals surface area contributed by atoms with Gasteiger partial charge in [-0.25, -0.2) is 0 Å². The zero-order valence-corrected chi connectivity index (χ0v) is 20.0. The molecule has 0 aromatic heterocycles. The monoisotopic (exact) mass is 370 g/mol. The molecule has 0 radical (unpaired) electrons. The molecule has 0 bridgehead atoms. The average molecular weight is 371 g/mol. The van der Waals surface area contributed by atoms with Crippen LogP contribution in [0.5, 0.6) is 0 Å². The molecule has 0 N–H and O–H groups in total. The maximum atomic E-state index is 8.19. The van der Waals surface area contributed by atoms with Crippen LogP contribution in [0.15, 0.2) is 0 Å². The van der Waals surface area contributed by atoms with E-state index in [-0.39, 0.29) is 0 Å². The van der Waals surface area contributed by atoms with Gasteiger partial charge in [0, 0.05) is 24.2 Å². The minimum absolute atomic E-state index is 0.742. The molecule has 125 valence electrons. The van der Waals surface area contributed by atoms with Crippen molar-refractivity contribution in [3.05, 3.63) is 20.8 Å². The van der Waals surface area contributed by atoms with E-state index in [4.69, 9.17) is 3.67 Å². The molecule has 0 heterocycles. The molecule has 20 heavy (non-hydrogen) atoms. The zero-order chi connectivity index (χ0) is 17.6. The van der Waals surface area contributed by atoms with Crippen LogP contribution in [-0.2, 0) is 21.0 Å². The van der Waals surface area contributed by atoms with Crippen LogP contribution >= 0.6 is 0 Å². The second kappa shape index (κ2) is 15.0. The molecule has 1 nitrogen and oxygen atoms in total. The van der Waals surface area contributed by atoms with Crippen LogP contribution in [0.2, 0.25) is 77.1 Å². The quantitative estimate of drug-likeness (QED) is 0.417. The fourth-order valence-corrected chi connectivity index (χ4v) is 0. The van der Waals surface area contributed by atoms with Crippen LogP contribution in [0.3, 0.4) is 0 Å². The third-order valence-corrected chi connectivity index (χ3v) is 6.75. The summed E-state index contributed by atoms with van der Waals surface area (Å²) in [5.41, 5.74) is 0. The van der Waals surface area contributed by atoms with Crippen LogP contribution in [0.4, 0.5) is 0 Å². The maximum absolute atomic E-state index is 8.19. The van der Waals surface area contributed by atoms with Gasteiger partial charge in [-0.05, 0) is 0 Å². The normalized spacial score (nSPS) is 10.9. The molecular weight excluding hydrogens is 331 g/mol. The molecule has 0 rings (SSSR count). The molecule has 0 aliphatic carbocycles. The van der Waals surface area contributed by atoms with Crippen molar-refractivity contribution in [3.8, 4) is 0 Å². The molecule has 0 saturated carbocycles.